The Hall–Kier alpha value is -1.34. The van der Waals surface area contributed by atoms with Crippen molar-refractivity contribution in [1.82, 2.24) is 0 Å². The summed E-state index contributed by atoms with van der Waals surface area (Å²) in [6.07, 6.45) is 0. The molecule has 2 aromatic rings. The summed E-state index contributed by atoms with van der Waals surface area (Å²) in [4.78, 5) is 0. The lowest BCUT2D eigenvalue weighted by molar-refractivity contribution is 0.415. The summed E-state index contributed by atoms with van der Waals surface area (Å²) in [5.74, 6) is 0.822. The minimum atomic E-state index is 0.567. The lowest BCUT2D eigenvalue weighted by Gasteiger charge is -2.12. The van der Waals surface area contributed by atoms with Crippen molar-refractivity contribution in [3.8, 4) is 5.75 Å². The number of hydrogen-bond acceptors (Lipinski definition) is 2. The molecule has 20 heavy (non-hydrogen) atoms. The largest absolute Gasteiger partial charge is 0.497 e. The van der Waals surface area contributed by atoms with E-state index in [1.54, 1.807) is 7.11 Å². The zero-order valence-electron chi connectivity index (χ0n) is 11.2. The van der Waals surface area contributed by atoms with Gasteiger partial charge in [-0.05, 0) is 83.7 Å². The monoisotopic (exact) mass is 398 g/mol. The summed E-state index contributed by atoms with van der Waals surface area (Å²) < 4.78 is 6.26. The summed E-state index contributed by atoms with van der Waals surface area (Å²) in [6.45, 7) is 2.07. The number of methoxy groups -OCH3 is 1. The molecule has 0 heterocycles. The Kier molecular flexibility index (Phi) is 5.19. The SMILES string of the molecule is COc1ccc(NC(=S)Nc2ccc(C)cc2I)cc1. The van der Waals surface area contributed by atoms with Gasteiger partial charge in [0.2, 0.25) is 0 Å². The molecule has 0 aliphatic rings. The Morgan fingerprint density at radius 3 is 2.40 bits per heavy atom. The van der Waals surface area contributed by atoms with Crippen LogP contribution < -0.4 is 15.4 Å². The fourth-order valence-corrected chi connectivity index (χ4v) is 2.71. The number of aryl methyl sites for hydroxylation is 1. The molecule has 0 saturated heterocycles. The Bertz CT molecular complexity index is 614. The first-order chi connectivity index (χ1) is 9.58. The highest BCUT2D eigenvalue weighted by molar-refractivity contribution is 14.1. The molecule has 0 aromatic heterocycles. The number of ether oxygens (including phenoxy) is 1. The number of benzene rings is 2. The molecule has 5 heteroatoms. The van der Waals surface area contributed by atoms with E-state index in [2.05, 4.69) is 52.3 Å². The van der Waals surface area contributed by atoms with Gasteiger partial charge in [-0.15, -0.1) is 0 Å². The molecular formula is C15H15IN2OS. The van der Waals surface area contributed by atoms with Gasteiger partial charge in [0, 0.05) is 9.26 Å². The van der Waals surface area contributed by atoms with Crippen LogP contribution in [0.4, 0.5) is 11.4 Å². The second kappa shape index (κ2) is 6.90. The fraction of sp³-hybridized carbons (Fsp3) is 0.133. The Labute approximate surface area is 137 Å². The quantitative estimate of drug-likeness (QED) is 0.593. The third-order valence-corrected chi connectivity index (χ3v) is 3.82. The molecule has 0 aliphatic carbocycles. The molecule has 0 fully saturated rings. The van der Waals surface area contributed by atoms with Gasteiger partial charge in [-0.25, -0.2) is 0 Å². The predicted molar refractivity (Wildman–Crippen MR) is 96.7 cm³/mol. The first-order valence-electron chi connectivity index (χ1n) is 6.06. The van der Waals surface area contributed by atoms with Gasteiger partial charge in [-0.3, -0.25) is 0 Å². The molecule has 0 unspecified atom stereocenters. The van der Waals surface area contributed by atoms with Crippen LogP contribution in [-0.2, 0) is 0 Å². The number of rotatable bonds is 3. The molecule has 0 spiro atoms. The smallest absolute Gasteiger partial charge is 0.175 e. The van der Waals surface area contributed by atoms with Crippen LogP contribution in [0.3, 0.4) is 0 Å². The molecule has 2 aromatic carbocycles. The highest BCUT2D eigenvalue weighted by Crippen LogP contribution is 2.20. The molecule has 0 aliphatic heterocycles. The van der Waals surface area contributed by atoms with Crippen LogP contribution in [0.2, 0.25) is 0 Å². The highest BCUT2D eigenvalue weighted by Gasteiger charge is 2.03. The van der Waals surface area contributed by atoms with E-state index < -0.39 is 0 Å². The van der Waals surface area contributed by atoms with E-state index in [1.165, 1.54) is 5.56 Å². The van der Waals surface area contributed by atoms with E-state index in [9.17, 15) is 0 Å². The molecular weight excluding hydrogens is 383 g/mol. The van der Waals surface area contributed by atoms with Gasteiger partial charge in [0.15, 0.2) is 5.11 Å². The third-order valence-electron chi connectivity index (χ3n) is 2.72. The zero-order chi connectivity index (χ0) is 14.5. The van der Waals surface area contributed by atoms with Gasteiger partial charge in [-0.2, -0.15) is 0 Å². The third kappa shape index (κ3) is 4.08. The van der Waals surface area contributed by atoms with Crippen molar-refractivity contribution in [3.05, 3.63) is 51.6 Å². The molecule has 0 atom stereocenters. The summed E-state index contributed by atoms with van der Waals surface area (Å²) in [7, 11) is 1.65. The molecule has 0 bridgehead atoms. The van der Waals surface area contributed by atoms with Gasteiger partial charge >= 0.3 is 0 Å². The number of nitrogens with one attached hydrogen (secondary N) is 2. The maximum absolute atomic E-state index is 5.31. The average Bonchev–Trinajstić information content (AvgIpc) is 2.43. The van der Waals surface area contributed by atoms with Crippen LogP contribution in [-0.4, -0.2) is 12.2 Å². The van der Waals surface area contributed by atoms with Crippen LogP contribution in [0.5, 0.6) is 5.75 Å². The van der Waals surface area contributed by atoms with E-state index >= 15 is 0 Å². The number of anilines is 2. The van der Waals surface area contributed by atoms with Gasteiger partial charge in [-0.1, -0.05) is 6.07 Å². The summed E-state index contributed by atoms with van der Waals surface area (Å²) >= 11 is 7.61. The molecule has 0 radical (unpaired) electrons. The van der Waals surface area contributed by atoms with Gasteiger partial charge in [0.05, 0.1) is 12.8 Å². The van der Waals surface area contributed by atoms with E-state index in [0.717, 1.165) is 20.7 Å². The van der Waals surface area contributed by atoms with Crippen LogP contribution >= 0.6 is 34.8 Å². The van der Waals surface area contributed by atoms with Crippen LogP contribution in [0, 0.1) is 10.5 Å². The fourth-order valence-electron chi connectivity index (χ4n) is 1.68. The molecule has 0 saturated carbocycles. The van der Waals surface area contributed by atoms with E-state index in [4.69, 9.17) is 17.0 Å². The molecule has 3 nitrogen and oxygen atoms in total. The molecule has 0 amide bonds. The van der Waals surface area contributed by atoms with Gasteiger partial charge in [0.1, 0.15) is 5.75 Å². The van der Waals surface area contributed by atoms with Gasteiger partial charge < -0.3 is 15.4 Å². The second-order valence-corrected chi connectivity index (χ2v) is 5.86. The molecule has 104 valence electrons. The minimum absolute atomic E-state index is 0.567. The van der Waals surface area contributed by atoms with Crippen molar-refractivity contribution in [3.63, 3.8) is 0 Å². The normalized spacial score (nSPS) is 9.95. The van der Waals surface area contributed by atoms with Crippen molar-refractivity contribution < 1.29 is 4.74 Å². The van der Waals surface area contributed by atoms with E-state index in [0.29, 0.717) is 5.11 Å². The summed E-state index contributed by atoms with van der Waals surface area (Å²) in [6, 6.07) is 13.8. The number of hydrogen-bond donors (Lipinski definition) is 2. The lowest BCUT2D eigenvalue weighted by atomic mass is 10.2. The topological polar surface area (TPSA) is 33.3 Å². The second-order valence-electron chi connectivity index (χ2n) is 4.29. The number of halogens is 1. The molecule has 2 rings (SSSR count). The van der Waals surface area contributed by atoms with E-state index in [1.807, 2.05) is 30.3 Å². The summed E-state index contributed by atoms with van der Waals surface area (Å²) in [5, 5.41) is 6.91. The van der Waals surface area contributed by atoms with Gasteiger partial charge in [0.25, 0.3) is 0 Å². The van der Waals surface area contributed by atoms with Crippen molar-refractivity contribution >= 4 is 51.3 Å². The Morgan fingerprint density at radius 1 is 1.10 bits per heavy atom. The van der Waals surface area contributed by atoms with Crippen LogP contribution in [0.1, 0.15) is 5.56 Å². The Balaban J connectivity index is 2.01. The van der Waals surface area contributed by atoms with Crippen molar-refractivity contribution in [1.29, 1.82) is 0 Å². The molecule has 2 N–H and O–H groups in total. The maximum Gasteiger partial charge on any atom is 0.175 e. The minimum Gasteiger partial charge on any atom is -0.497 e. The summed E-state index contributed by atoms with van der Waals surface area (Å²) in [5.41, 5.74) is 3.15. The Morgan fingerprint density at radius 2 is 1.80 bits per heavy atom. The van der Waals surface area contributed by atoms with E-state index in [-0.39, 0.29) is 0 Å². The maximum atomic E-state index is 5.31. The van der Waals surface area contributed by atoms with Crippen molar-refractivity contribution in [2.75, 3.05) is 17.7 Å². The first-order valence-corrected chi connectivity index (χ1v) is 7.55. The highest BCUT2D eigenvalue weighted by atomic mass is 127. The average molecular weight is 398 g/mol. The zero-order valence-corrected chi connectivity index (χ0v) is 14.2. The van der Waals surface area contributed by atoms with Crippen molar-refractivity contribution in [2.24, 2.45) is 0 Å². The van der Waals surface area contributed by atoms with Crippen LogP contribution in [0.15, 0.2) is 42.5 Å². The standard InChI is InChI=1S/C15H15IN2OS/c1-10-3-8-14(13(16)9-10)18-15(20)17-11-4-6-12(19-2)7-5-11/h3-9H,1-2H3,(H2,17,18,20). The first kappa shape index (κ1) is 15.1. The van der Waals surface area contributed by atoms with Crippen LogP contribution in [0.25, 0.3) is 0 Å². The van der Waals surface area contributed by atoms with Crippen molar-refractivity contribution in [2.45, 2.75) is 6.92 Å². The number of thiocarbonyl (C=S) groups is 1. The predicted octanol–water partition coefficient (Wildman–Crippen LogP) is 4.42. The lowest BCUT2D eigenvalue weighted by Crippen LogP contribution is -2.19.